The fraction of sp³-hybridized carbons (Fsp3) is 0.533. The summed E-state index contributed by atoms with van der Waals surface area (Å²) in [6.07, 6.45) is 0.558. The highest BCUT2D eigenvalue weighted by Gasteiger charge is 2.44. The molecule has 0 saturated carbocycles. The molecule has 1 aromatic carbocycles. The summed E-state index contributed by atoms with van der Waals surface area (Å²) in [5, 5.41) is 9.77. The third kappa shape index (κ3) is 2.61. The second-order valence-electron chi connectivity index (χ2n) is 5.73. The smallest absolute Gasteiger partial charge is 0.260 e. The van der Waals surface area contributed by atoms with Crippen molar-refractivity contribution in [3.63, 3.8) is 0 Å². The second-order valence-corrected chi connectivity index (χ2v) is 5.73. The normalized spacial score (nSPS) is 29.0. The largest absolute Gasteiger partial charge is 0.507 e. The number of hydrogen-bond acceptors (Lipinski definition) is 4. The average Bonchev–Trinajstić information content (AvgIpc) is 2.85. The minimum Gasteiger partial charge on any atom is -0.507 e. The Morgan fingerprint density at radius 1 is 1.52 bits per heavy atom. The molecule has 2 aliphatic heterocycles. The first-order chi connectivity index (χ1) is 10.0. The van der Waals surface area contributed by atoms with E-state index in [1.54, 1.807) is 4.90 Å². The molecule has 2 aliphatic rings. The molecule has 2 unspecified atom stereocenters. The van der Waals surface area contributed by atoms with Gasteiger partial charge in [-0.2, -0.15) is 0 Å². The molecule has 2 heterocycles. The fourth-order valence-corrected chi connectivity index (χ4v) is 3.07. The van der Waals surface area contributed by atoms with Gasteiger partial charge in [0.2, 0.25) is 0 Å². The predicted molar refractivity (Wildman–Crippen MR) is 72.7 cm³/mol. The number of halogens is 1. The predicted octanol–water partition coefficient (Wildman–Crippen LogP) is 1.55. The highest BCUT2D eigenvalue weighted by molar-refractivity contribution is 5.97. The highest BCUT2D eigenvalue weighted by atomic mass is 19.1. The first-order valence-corrected chi connectivity index (χ1v) is 7.03. The lowest BCUT2D eigenvalue weighted by atomic mass is 9.98. The fourth-order valence-electron chi connectivity index (χ4n) is 3.07. The number of nitrogens with zero attached hydrogens (tertiary/aromatic N) is 1. The van der Waals surface area contributed by atoms with Crippen LogP contribution in [0.25, 0.3) is 0 Å². The molecule has 1 amide bonds. The van der Waals surface area contributed by atoms with Crippen LogP contribution in [0, 0.1) is 5.82 Å². The Balaban J connectivity index is 1.87. The maximum Gasteiger partial charge on any atom is 0.260 e. The van der Waals surface area contributed by atoms with Crippen molar-refractivity contribution in [2.24, 2.45) is 0 Å². The Morgan fingerprint density at radius 3 is 3.00 bits per heavy atom. The summed E-state index contributed by atoms with van der Waals surface area (Å²) in [4.78, 5) is 14.1. The number of carbonyl (C=O) groups excluding carboxylic acids is 1. The number of morpholine rings is 1. The molecule has 1 aromatic rings. The molecule has 1 spiro atoms. The van der Waals surface area contributed by atoms with Crippen LogP contribution in [0.15, 0.2) is 18.2 Å². The maximum atomic E-state index is 13.9. The standard InChI is InChI=1S/C15H18FNO4/c1-10-7-17(8-15(21-10)5-6-20-9-15)14(19)13-11(16)3-2-4-12(13)18/h2-4,10,18H,5-9H2,1H3. The minimum atomic E-state index is -0.712. The van der Waals surface area contributed by atoms with Crippen LogP contribution in [-0.2, 0) is 9.47 Å². The zero-order valence-electron chi connectivity index (χ0n) is 11.8. The first-order valence-electron chi connectivity index (χ1n) is 7.03. The monoisotopic (exact) mass is 295 g/mol. The Labute approximate surface area is 122 Å². The van der Waals surface area contributed by atoms with Crippen molar-refractivity contribution in [1.82, 2.24) is 4.90 Å². The quantitative estimate of drug-likeness (QED) is 0.854. The van der Waals surface area contributed by atoms with E-state index in [1.165, 1.54) is 18.2 Å². The van der Waals surface area contributed by atoms with E-state index >= 15 is 0 Å². The van der Waals surface area contributed by atoms with E-state index in [1.807, 2.05) is 6.92 Å². The van der Waals surface area contributed by atoms with Crippen LogP contribution in [0.1, 0.15) is 23.7 Å². The molecule has 114 valence electrons. The van der Waals surface area contributed by atoms with Gasteiger partial charge >= 0.3 is 0 Å². The molecule has 2 fully saturated rings. The van der Waals surface area contributed by atoms with Gasteiger partial charge in [0, 0.05) is 19.6 Å². The molecule has 2 atom stereocenters. The number of phenols is 1. The molecule has 6 heteroatoms. The van der Waals surface area contributed by atoms with Gasteiger partial charge in [0.05, 0.1) is 19.3 Å². The van der Waals surface area contributed by atoms with Gasteiger partial charge in [0.1, 0.15) is 22.7 Å². The second kappa shape index (κ2) is 5.27. The molecule has 0 aliphatic carbocycles. The number of rotatable bonds is 1. The van der Waals surface area contributed by atoms with Crippen molar-refractivity contribution < 1.29 is 23.8 Å². The highest BCUT2D eigenvalue weighted by Crippen LogP contribution is 2.32. The van der Waals surface area contributed by atoms with Crippen LogP contribution in [0.3, 0.4) is 0 Å². The van der Waals surface area contributed by atoms with Crippen molar-refractivity contribution in [2.45, 2.75) is 25.0 Å². The molecular weight excluding hydrogens is 277 g/mol. The summed E-state index contributed by atoms with van der Waals surface area (Å²) >= 11 is 0. The molecule has 3 rings (SSSR count). The summed E-state index contributed by atoms with van der Waals surface area (Å²) in [5.74, 6) is -1.56. The van der Waals surface area contributed by atoms with Crippen LogP contribution in [0.4, 0.5) is 4.39 Å². The number of phenolic OH excluding ortho intramolecular Hbond substituents is 1. The van der Waals surface area contributed by atoms with Gasteiger partial charge in [0.25, 0.3) is 5.91 Å². The number of ether oxygens (including phenoxy) is 2. The van der Waals surface area contributed by atoms with Crippen molar-refractivity contribution in [2.75, 3.05) is 26.3 Å². The number of aromatic hydroxyl groups is 1. The molecule has 1 N–H and O–H groups in total. The first kappa shape index (κ1) is 14.3. The maximum absolute atomic E-state index is 13.9. The third-order valence-corrected chi connectivity index (χ3v) is 3.97. The van der Waals surface area contributed by atoms with E-state index in [0.717, 1.165) is 0 Å². The van der Waals surface area contributed by atoms with E-state index in [9.17, 15) is 14.3 Å². The third-order valence-electron chi connectivity index (χ3n) is 3.97. The van der Waals surface area contributed by atoms with E-state index < -0.39 is 17.3 Å². The zero-order valence-corrected chi connectivity index (χ0v) is 11.8. The van der Waals surface area contributed by atoms with Gasteiger partial charge in [-0.3, -0.25) is 4.79 Å². The van der Waals surface area contributed by atoms with Crippen LogP contribution < -0.4 is 0 Å². The van der Waals surface area contributed by atoms with E-state index in [-0.39, 0.29) is 17.4 Å². The molecule has 2 saturated heterocycles. The SMILES string of the molecule is CC1CN(C(=O)c2c(O)cccc2F)CC2(CCOC2)O1. The van der Waals surface area contributed by atoms with Crippen molar-refractivity contribution >= 4 is 5.91 Å². The molecule has 0 aromatic heterocycles. The Bertz CT molecular complexity index is 536. The summed E-state index contributed by atoms with van der Waals surface area (Å²) in [6.45, 7) is 3.63. The van der Waals surface area contributed by atoms with Crippen LogP contribution in [0.5, 0.6) is 5.75 Å². The number of carbonyl (C=O) groups is 1. The molecule has 5 nitrogen and oxygen atoms in total. The lowest BCUT2D eigenvalue weighted by molar-refractivity contribution is -0.138. The number of hydrogen-bond donors (Lipinski definition) is 1. The zero-order chi connectivity index (χ0) is 15.0. The Morgan fingerprint density at radius 2 is 2.33 bits per heavy atom. The van der Waals surface area contributed by atoms with E-state index in [2.05, 4.69) is 0 Å². The van der Waals surface area contributed by atoms with Crippen LogP contribution in [-0.4, -0.2) is 53.9 Å². The van der Waals surface area contributed by atoms with Gasteiger partial charge in [-0.25, -0.2) is 4.39 Å². The van der Waals surface area contributed by atoms with E-state index in [4.69, 9.17) is 9.47 Å². The van der Waals surface area contributed by atoms with Gasteiger partial charge in [-0.15, -0.1) is 0 Å². The van der Waals surface area contributed by atoms with Crippen LogP contribution in [0.2, 0.25) is 0 Å². The summed E-state index contributed by atoms with van der Waals surface area (Å²) in [7, 11) is 0. The van der Waals surface area contributed by atoms with Crippen molar-refractivity contribution in [3.05, 3.63) is 29.6 Å². The van der Waals surface area contributed by atoms with E-state index in [0.29, 0.717) is 32.7 Å². The Kier molecular flexibility index (Phi) is 3.59. The molecule has 0 bridgehead atoms. The average molecular weight is 295 g/mol. The molecule has 21 heavy (non-hydrogen) atoms. The van der Waals surface area contributed by atoms with Gasteiger partial charge in [-0.05, 0) is 19.1 Å². The number of amides is 1. The minimum absolute atomic E-state index is 0.154. The summed E-state index contributed by atoms with van der Waals surface area (Å²) in [6, 6.07) is 3.86. The van der Waals surface area contributed by atoms with Gasteiger partial charge in [-0.1, -0.05) is 6.07 Å². The summed E-state index contributed by atoms with van der Waals surface area (Å²) < 4.78 is 25.2. The van der Waals surface area contributed by atoms with Crippen molar-refractivity contribution in [3.8, 4) is 5.75 Å². The lowest BCUT2D eigenvalue weighted by Crippen LogP contribution is -2.57. The number of benzene rings is 1. The Hall–Kier alpha value is -1.66. The molecular formula is C15H18FNO4. The van der Waals surface area contributed by atoms with Gasteiger partial charge < -0.3 is 19.5 Å². The summed E-state index contributed by atoms with van der Waals surface area (Å²) in [5.41, 5.74) is -0.783. The molecule has 0 radical (unpaired) electrons. The van der Waals surface area contributed by atoms with Crippen LogP contribution >= 0.6 is 0 Å². The van der Waals surface area contributed by atoms with Crippen molar-refractivity contribution in [1.29, 1.82) is 0 Å². The van der Waals surface area contributed by atoms with Gasteiger partial charge in [0.15, 0.2) is 0 Å². The topological polar surface area (TPSA) is 59.0 Å². The lowest BCUT2D eigenvalue weighted by Gasteiger charge is -2.42.